The molecule has 0 bridgehead atoms. The van der Waals surface area contributed by atoms with Gasteiger partial charge in [0.15, 0.2) is 5.76 Å². The maximum atomic E-state index is 13.0. The number of aryl methyl sites for hydroxylation is 1. The van der Waals surface area contributed by atoms with Crippen LogP contribution in [0.2, 0.25) is 0 Å². The van der Waals surface area contributed by atoms with Crippen molar-refractivity contribution in [3.8, 4) is 11.5 Å². The number of allylic oxidation sites excluding steroid dienone is 1. The lowest BCUT2D eigenvalue weighted by Gasteiger charge is -2.36. The molecule has 2 aliphatic rings. The van der Waals surface area contributed by atoms with E-state index in [1.54, 1.807) is 36.7 Å². The van der Waals surface area contributed by atoms with E-state index in [0.717, 1.165) is 25.8 Å². The zero-order valence-electron chi connectivity index (χ0n) is 17.4. The van der Waals surface area contributed by atoms with E-state index in [9.17, 15) is 9.90 Å². The van der Waals surface area contributed by atoms with Crippen molar-refractivity contribution in [3.05, 3.63) is 82.8 Å². The molecule has 4 heterocycles. The normalized spacial score (nSPS) is 20.1. The zero-order chi connectivity index (χ0) is 21.4. The molecule has 31 heavy (non-hydrogen) atoms. The number of rotatable bonds is 4. The minimum absolute atomic E-state index is 0.152. The van der Waals surface area contributed by atoms with E-state index >= 15 is 0 Å². The maximum absolute atomic E-state index is 13.0. The fourth-order valence-corrected chi connectivity index (χ4v) is 4.57. The summed E-state index contributed by atoms with van der Waals surface area (Å²) in [7, 11) is 0. The highest BCUT2D eigenvalue weighted by Gasteiger charge is 2.35. The van der Waals surface area contributed by atoms with Gasteiger partial charge in [-0.05, 0) is 61.7 Å². The van der Waals surface area contributed by atoms with Gasteiger partial charge >= 0.3 is 0 Å². The van der Waals surface area contributed by atoms with Crippen LogP contribution in [0.25, 0.3) is 6.08 Å². The number of aromatic nitrogens is 1. The number of furan rings is 1. The lowest BCUT2D eigenvalue weighted by atomic mass is 9.94. The molecule has 0 spiro atoms. The molecule has 5 rings (SSSR count). The Labute approximate surface area is 180 Å². The topological polar surface area (TPSA) is 75.8 Å². The van der Waals surface area contributed by atoms with Crippen LogP contribution in [0, 0.1) is 6.92 Å². The largest absolute Gasteiger partial charge is 0.507 e. The van der Waals surface area contributed by atoms with Gasteiger partial charge in [0.2, 0.25) is 5.78 Å². The molecule has 2 aromatic heterocycles. The summed E-state index contributed by atoms with van der Waals surface area (Å²) in [5.74, 6) is 1.18. The van der Waals surface area contributed by atoms with Crippen LogP contribution in [0.1, 0.15) is 58.1 Å². The fourth-order valence-electron chi connectivity index (χ4n) is 4.57. The number of piperidine rings is 1. The lowest BCUT2D eigenvalue weighted by molar-refractivity contribution is 0.101. The maximum Gasteiger partial charge on any atom is 0.232 e. The van der Waals surface area contributed by atoms with Crippen LogP contribution in [-0.2, 0) is 6.54 Å². The first-order valence-electron chi connectivity index (χ1n) is 10.6. The quantitative estimate of drug-likeness (QED) is 0.601. The fraction of sp³-hybridized carbons (Fsp3) is 0.280. The average Bonchev–Trinajstić information content (AvgIpc) is 3.41. The summed E-state index contributed by atoms with van der Waals surface area (Å²) in [6.45, 7) is 3.22. The Morgan fingerprint density at radius 3 is 2.97 bits per heavy atom. The van der Waals surface area contributed by atoms with Gasteiger partial charge < -0.3 is 14.3 Å². The van der Waals surface area contributed by atoms with Gasteiger partial charge in [0.1, 0.15) is 17.3 Å². The number of pyridine rings is 1. The van der Waals surface area contributed by atoms with Crippen molar-refractivity contribution in [3.63, 3.8) is 0 Å². The number of hydrogen-bond donors (Lipinski definition) is 1. The Morgan fingerprint density at radius 1 is 1.29 bits per heavy atom. The number of benzene rings is 1. The number of fused-ring (bicyclic) bond motifs is 1. The number of ether oxygens (including phenoxy) is 1. The van der Waals surface area contributed by atoms with Gasteiger partial charge in [-0.15, -0.1) is 0 Å². The number of phenols is 1. The third-order valence-corrected chi connectivity index (χ3v) is 6.08. The van der Waals surface area contributed by atoms with Crippen LogP contribution in [0.4, 0.5) is 0 Å². The zero-order valence-corrected chi connectivity index (χ0v) is 17.4. The molecule has 0 radical (unpaired) electrons. The van der Waals surface area contributed by atoms with Crippen LogP contribution < -0.4 is 4.74 Å². The van der Waals surface area contributed by atoms with Crippen molar-refractivity contribution >= 4 is 11.9 Å². The highest BCUT2D eigenvalue weighted by atomic mass is 16.5. The van der Waals surface area contributed by atoms with Crippen LogP contribution in [0.5, 0.6) is 11.5 Å². The van der Waals surface area contributed by atoms with Gasteiger partial charge in [0.25, 0.3) is 0 Å². The molecule has 1 N–H and O–H groups in total. The molecule has 158 valence electrons. The SMILES string of the molecule is Cc1cc(O)c(CN2CCCC[C@H]2c2cccnc2)c2c1C(=O)/C(=C/c1ccco1)O2. The monoisotopic (exact) mass is 416 g/mol. The van der Waals surface area contributed by atoms with Crippen molar-refractivity contribution in [2.75, 3.05) is 6.54 Å². The molecule has 6 nitrogen and oxygen atoms in total. The average molecular weight is 416 g/mol. The van der Waals surface area contributed by atoms with Crippen molar-refractivity contribution < 1.29 is 19.1 Å². The molecule has 0 saturated carbocycles. The van der Waals surface area contributed by atoms with E-state index in [0.29, 0.717) is 34.7 Å². The van der Waals surface area contributed by atoms with Crippen LogP contribution in [0.3, 0.4) is 0 Å². The van der Waals surface area contributed by atoms with Gasteiger partial charge in [-0.25, -0.2) is 0 Å². The van der Waals surface area contributed by atoms with E-state index in [1.165, 1.54) is 5.56 Å². The predicted octanol–water partition coefficient (Wildman–Crippen LogP) is 5.03. The van der Waals surface area contributed by atoms with Crippen LogP contribution in [-0.4, -0.2) is 27.3 Å². The smallest absolute Gasteiger partial charge is 0.232 e. The number of carbonyl (C=O) groups excluding carboxylic acids is 1. The highest BCUT2D eigenvalue weighted by Crippen LogP contribution is 2.44. The Balaban J connectivity index is 1.51. The number of carbonyl (C=O) groups is 1. The number of likely N-dealkylation sites (tertiary alicyclic amines) is 1. The Morgan fingerprint density at radius 2 is 2.19 bits per heavy atom. The van der Waals surface area contributed by atoms with Crippen LogP contribution >= 0.6 is 0 Å². The first-order valence-corrected chi connectivity index (χ1v) is 10.6. The summed E-state index contributed by atoms with van der Waals surface area (Å²) in [5, 5.41) is 10.8. The highest BCUT2D eigenvalue weighted by molar-refractivity contribution is 6.15. The number of Topliss-reactive ketones (excluding diaryl/α,β-unsaturated/α-hetero) is 1. The molecule has 1 atom stereocenters. The summed E-state index contributed by atoms with van der Waals surface area (Å²) >= 11 is 0. The Bertz CT molecular complexity index is 1140. The second-order valence-electron chi connectivity index (χ2n) is 8.12. The number of hydrogen-bond acceptors (Lipinski definition) is 6. The molecule has 0 unspecified atom stereocenters. The van der Waals surface area contributed by atoms with Gasteiger partial charge in [0.05, 0.1) is 17.4 Å². The summed E-state index contributed by atoms with van der Waals surface area (Å²) < 4.78 is 11.4. The number of aromatic hydroxyl groups is 1. The summed E-state index contributed by atoms with van der Waals surface area (Å²) in [6, 6.07) is 9.46. The van der Waals surface area contributed by atoms with E-state index < -0.39 is 0 Å². The minimum Gasteiger partial charge on any atom is -0.507 e. The van der Waals surface area contributed by atoms with E-state index in [-0.39, 0.29) is 23.3 Å². The van der Waals surface area contributed by atoms with Gasteiger partial charge in [-0.1, -0.05) is 12.5 Å². The summed E-state index contributed by atoms with van der Waals surface area (Å²) in [5.41, 5.74) is 3.03. The van der Waals surface area contributed by atoms with E-state index in [4.69, 9.17) is 9.15 Å². The summed E-state index contributed by atoms with van der Waals surface area (Å²) in [6.07, 6.45) is 10.1. The molecule has 3 aromatic rings. The van der Waals surface area contributed by atoms with Crippen molar-refractivity contribution in [2.24, 2.45) is 0 Å². The molecular weight excluding hydrogens is 392 g/mol. The third-order valence-electron chi connectivity index (χ3n) is 6.08. The molecule has 0 amide bonds. The molecular formula is C25H24N2O4. The Kier molecular flexibility index (Phi) is 5.08. The van der Waals surface area contributed by atoms with Crippen molar-refractivity contribution in [2.45, 2.75) is 38.8 Å². The van der Waals surface area contributed by atoms with E-state index in [2.05, 4.69) is 16.0 Å². The summed E-state index contributed by atoms with van der Waals surface area (Å²) in [4.78, 5) is 19.7. The molecule has 6 heteroatoms. The van der Waals surface area contributed by atoms with Crippen molar-refractivity contribution in [1.29, 1.82) is 0 Å². The molecule has 1 fully saturated rings. The van der Waals surface area contributed by atoms with Crippen molar-refractivity contribution in [1.82, 2.24) is 9.88 Å². The first-order chi connectivity index (χ1) is 15.1. The number of nitrogens with zero attached hydrogens (tertiary/aromatic N) is 2. The van der Waals surface area contributed by atoms with E-state index in [1.807, 2.05) is 19.2 Å². The standard InChI is InChI=1S/C25H24N2O4/c1-16-12-21(28)19(15-27-10-3-2-8-20(27)17-6-4-9-26-14-17)25-23(16)24(29)22(31-25)13-18-7-5-11-30-18/h4-7,9,11-14,20,28H,2-3,8,10,15H2,1H3/b22-13-/t20-/m0/s1. The second kappa shape index (κ2) is 8.04. The third kappa shape index (κ3) is 3.64. The molecule has 1 aromatic carbocycles. The molecule has 2 aliphatic heterocycles. The lowest BCUT2D eigenvalue weighted by Crippen LogP contribution is -2.33. The van der Waals surface area contributed by atoms with Gasteiger partial charge in [0, 0.05) is 31.1 Å². The second-order valence-corrected chi connectivity index (χ2v) is 8.12. The number of phenolic OH excluding ortho intramolecular Hbond substituents is 1. The van der Waals surface area contributed by atoms with Gasteiger partial charge in [-0.2, -0.15) is 0 Å². The number of ketones is 1. The molecule has 1 saturated heterocycles. The Hall–Kier alpha value is -3.38. The molecule has 0 aliphatic carbocycles. The minimum atomic E-state index is -0.187. The first kappa shape index (κ1) is 19.6. The predicted molar refractivity (Wildman–Crippen MR) is 116 cm³/mol. The van der Waals surface area contributed by atoms with Gasteiger partial charge in [-0.3, -0.25) is 14.7 Å². The van der Waals surface area contributed by atoms with Crippen LogP contribution in [0.15, 0.2) is 59.2 Å².